The van der Waals surface area contributed by atoms with Crippen molar-refractivity contribution >= 4 is 50.3 Å². The average molecular weight is 508 g/mol. The van der Waals surface area contributed by atoms with Crippen LogP contribution in [0.4, 0.5) is 0 Å². The van der Waals surface area contributed by atoms with E-state index in [1.807, 2.05) is 44.2 Å². The molecule has 0 aliphatic rings. The predicted molar refractivity (Wildman–Crippen MR) is 123 cm³/mol. The lowest BCUT2D eigenvalue weighted by Crippen LogP contribution is -2.17. The average Bonchev–Trinajstić information content (AvgIpc) is 2.68. The van der Waals surface area contributed by atoms with E-state index >= 15 is 0 Å². The van der Waals surface area contributed by atoms with Gasteiger partial charge >= 0.3 is 14.7 Å². The number of hydrogen-bond donors (Lipinski definition) is 0. The first kappa shape index (κ1) is 29.6. The molecule has 8 nitrogen and oxygen atoms in total. The Bertz CT molecular complexity index is 626. The molecule has 0 aliphatic carbocycles. The Balaban J connectivity index is 0.000000734. The molecule has 0 heterocycles. The van der Waals surface area contributed by atoms with Gasteiger partial charge < -0.3 is 23.0 Å². The van der Waals surface area contributed by atoms with Gasteiger partial charge in [0.15, 0.2) is 5.30 Å². The van der Waals surface area contributed by atoms with Crippen LogP contribution >= 0.6 is 21.4 Å². The summed E-state index contributed by atoms with van der Waals surface area (Å²) >= 11 is 9.85. The standard InChI is InChI=1S/C12H21O5P2S.C4H11O3PS/c1-5-15-19(20,16-6-2)17-18(13-3,14-4)12-10-8-7-9-11-12;1-3-6-8(5,9)7-4-2/h7-11H,5-6H2,1-4H3;3-4H2,1-2H3,(H,5,9)/q+1;/p-1. The zero-order valence-electron chi connectivity index (χ0n) is 17.6. The molecule has 0 atom stereocenters. The van der Waals surface area contributed by atoms with E-state index < -0.39 is 21.4 Å². The molecule has 1 rings (SSSR count). The molecule has 1 aromatic rings. The van der Waals surface area contributed by atoms with Gasteiger partial charge in [0.25, 0.3) is 0 Å². The fourth-order valence-corrected chi connectivity index (χ4v) is 8.81. The Morgan fingerprint density at radius 1 is 0.793 bits per heavy atom. The van der Waals surface area contributed by atoms with Crippen molar-refractivity contribution in [3.63, 3.8) is 0 Å². The first-order chi connectivity index (χ1) is 13.7. The van der Waals surface area contributed by atoms with Crippen LogP contribution in [-0.2, 0) is 55.1 Å². The van der Waals surface area contributed by atoms with Gasteiger partial charge in [-0.2, -0.15) is 9.05 Å². The second-order valence-corrected chi connectivity index (χ2v) is 13.2. The second kappa shape index (κ2) is 15.4. The minimum atomic E-state index is -3.11. The van der Waals surface area contributed by atoms with Crippen molar-refractivity contribution in [2.45, 2.75) is 27.7 Å². The minimum absolute atomic E-state index is 0.334. The fourth-order valence-electron chi connectivity index (χ4n) is 1.90. The summed E-state index contributed by atoms with van der Waals surface area (Å²) in [5.41, 5.74) is 0. The van der Waals surface area contributed by atoms with Gasteiger partial charge in [-0.1, -0.05) is 34.3 Å². The molecule has 0 fully saturated rings. The van der Waals surface area contributed by atoms with Gasteiger partial charge in [0.05, 0.1) is 40.6 Å². The highest BCUT2D eigenvalue weighted by Crippen LogP contribution is 2.71. The van der Waals surface area contributed by atoms with E-state index in [-0.39, 0.29) is 0 Å². The van der Waals surface area contributed by atoms with Crippen molar-refractivity contribution < 1.29 is 36.3 Å². The molecular formula is C16H31O8P3S2. The normalized spacial score (nSPS) is 12.4. The smallest absolute Gasteiger partial charge is 0.457 e. The van der Waals surface area contributed by atoms with E-state index in [0.717, 1.165) is 5.30 Å². The maximum Gasteiger partial charge on any atom is 0.457 e. The molecule has 0 unspecified atom stereocenters. The first-order valence-electron chi connectivity index (χ1n) is 8.94. The second-order valence-electron chi connectivity index (χ2n) is 4.85. The summed E-state index contributed by atoms with van der Waals surface area (Å²) in [6.07, 6.45) is 0. The van der Waals surface area contributed by atoms with Crippen LogP contribution in [0.5, 0.6) is 0 Å². The minimum Gasteiger partial charge on any atom is -0.780 e. The molecule has 0 amide bonds. The van der Waals surface area contributed by atoms with E-state index in [1.165, 1.54) is 14.2 Å². The zero-order valence-corrected chi connectivity index (χ0v) is 22.0. The molecule has 0 spiro atoms. The molecule has 0 saturated carbocycles. The summed E-state index contributed by atoms with van der Waals surface area (Å²) in [5.74, 6) is 0. The van der Waals surface area contributed by atoms with E-state index in [1.54, 1.807) is 13.8 Å². The quantitative estimate of drug-likeness (QED) is 0.359. The highest BCUT2D eigenvalue weighted by atomic mass is 32.5. The summed E-state index contributed by atoms with van der Waals surface area (Å²) in [4.78, 5) is 10.8. The molecule has 0 radical (unpaired) electrons. The van der Waals surface area contributed by atoms with Crippen LogP contribution in [0.25, 0.3) is 0 Å². The topological polar surface area (TPSA) is 87.7 Å². The molecule has 0 saturated heterocycles. The van der Waals surface area contributed by atoms with Crippen LogP contribution in [0.1, 0.15) is 27.7 Å². The Morgan fingerprint density at radius 2 is 1.21 bits per heavy atom. The summed E-state index contributed by atoms with van der Waals surface area (Å²) in [7, 11) is 0.263. The first-order valence-corrected chi connectivity index (χ1v) is 15.6. The van der Waals surface area contributed by atoms with E-state index in [0.29, 0.717) is 26.4 Å². The van der Waals surface area contributed by atoms with Gasteiger partial charge in [-0.3, -0.25) is 0 Å². The van der Waals surface area contributed by atoms with Gasteiger partial charge in [0.1, 0.15) is 6.72 Å². The number of hydrogen-bond acceptors (Lipinski definition) is 10. The monoisotopic (exact) mass is 508 g/mol. The predicted octanol–water partition coefficient (Wildman–Crippen LogP) is 4.33. The van der Waals surface area contributed by atoms with Crippen molar-refractivity contribution in [2.75, 3.05) is 40.6 Å². The summed E-state index contributed by atoms with van der Waals surface area (Å²) in [6.45, 7) is 2.58. The fraction of sp³-hybridized carbons (Fsp3) is 0.625. The summed E-state index contributed by atoms with van der Waals surface area (Å²) in [6, 6.07) is 9.42. The maximum atomic E-state index is 10.8. The Morgan fingerprint density at radius 3 is 1.55 bits per heavy atom. The largest absolute Gasteiger partial charge is 0.780 e. The van der Waals surface area contributed by atoms with Gasteiger partial charge in [-0.05, 0) is 51.6 Å². The van der Waals surface area contributed by atoms with E-state index in [4.69, 9.17) is 34.2 Å². The third kappa shape index (κ3) is 11.2. The third-order valence-electron chi connectivity index (χ3n) is 2.91. The number of rotatable bonds is 13. The molecule has 29 heavy (non-hydrogen) atoms. The van der Waals surface area contributed by atoms with Gasteiger partial charge in [-0.15, -0.1) is 0 Å². The van der Waals surface area contributed by atoms with Crippen LogP contribution < -0.4 is 10.2 Å². The molecule has 0 aliphatic heterocycles. The van der Waals surface area contributed by atoms with Crippen LogP contribution in [-0.4, -0.2) is 40.6 Å². The SMILES string of the molecule is CCOP(=S)(OCC)O[P+](OC)(OC)c1ccccc1.CCOP([O-])(=S)OCC. The zero-order chi connectivity index (χ0) is 22.4. The van der Waals surface area contributed by atoms with E-state index in [2.05, 4.69) is 20.9 Å². The van der Waals surface area contributed by atoms with Crippen molar-refractivity contribution in [1.29, 1.82) is 0 Å². The van der Waals surface area contributed by atoms with Crippen molar-refractivity contribution in [2.24, 2.45) is 0 Å². The van der Waals surface area contributed by atoms with Crippen LogP contribution in [0.15, 0.2) is 30.3 Å². The van der Waals surface area contributed by atoms with Crippen LogP contribution in [0.3, 0.4) is 0 Å². The third-order valence-corrected chi connectivity index (χ3v) is 10.6. The lowest BCUT2D eigenvalue weighted by atomic mass is 10.4. The lowest BCUT2D eigenvalue weighted by molar-refractivity contribution is -0.205. The highest BCUT2D eigenvalue weighted by Gasteiger charge is 2.52. The van der Waals surface area contributed by atoms with Gasteiger partial charge in [-0.25, -0.2) is 0 Å². The van der Waals surface area contributed by atoms with Crippen LogP contribution in [0.2, 0.25) is 0 Å². The Labute approximate surface area is 185 Å². The van der Waals surface area contributed by atoms with Crippen molar-refractivity contribution in [3.05, 3.63) is 30.3 Å². The molecule has 0 aromatic heterocycles. The Kier molecular flexibility index (Phi) is 15.8. The van der Waals surface area contributed by atoms with Crippen molar-refractivity contribution in [3.8, 4) is 0 Å². The summed E-state index contributed by atoms with van der Waals surface area (Å²) in [5, 5.41) is 0.790. The Hall–Kier alpha value is 0.630. The molecule has 1 aromatic carbocycles. The molecular weight excluding hydrogens is 477 g/mol. The molecule has 13 heteroatoms. The molecule has 170 valence electrons. The van der Waals surface area contributed by atoms with E-state index in [9.17, 15) is 4.89 Å². The van der Waals surface area contributed by atoms with Crippen LogP contribution in [0, 0.1) is 0 Å². The lowest BCUT2D eigenvalue weighted by Gasteiger charge is -2.25. The maximum absolute atomic E-state index is 10.8. The summed E-state index contributed by atoms with van der Waals surface area (Å²) < 4.78 is 37.2. The highest BCUT2D eigenvalue weighted by molar-refractivity contribution is 8.09. The van der Waals surface area contributed by atoms with Gasteiger partial charge in [0.2, 0.25) is 0 Å². The number of benzene rings is 1. The molecule has 0 bridgehead atoms. The van der Waals surface area contributed by atoms with Crippen molar-refractivity contribution in [1.82, 2.24) is 0 Å². The molecule has 0 N–H and O–H groups in total. The van der Waals surface area contributed by atoms with Gasteiger partial charge in [0, 0.05) is 0 Å².